The summed E-state index contributed by atoms with van der Waals surface area (Å²) in [5, 5.41) is 1.77. The number of benzene rings is 1. The largest absolute Gasteiger partial charge is 0.282 e. The fraction of sp³-hybridized carbons (Fsp3) is 0.533. The summed E-state index contributed by atoms with van der Waals surface area (Å²) in [7, 11) is 0. The molecule has 0 aliphatic rings. The summed E-state index contributed by atoms with van der Waals surface area (Å²) >= 11 is -0.266. The summed E-state index contributed by atoms with van der Waals surface area (Å²) in [6.45, 7) is 7.56. The lowest BCUT2D eigenvalue weighted by Gasteiger charge is -2.18. The lowest BCUT2D eigenvalue weighted by molar-refractivity contribution is -0.0443. The van der Waals surface area contributed by atoms with Gasteiger partial charge < -0.3 is 0 Å². The zero-order valence-corrected chi connectivity index (χ0v) is 14.5. The second-order valence-corrected chi connectivity index (χ2v) is 6.81. The second kappa shape index (κ2) is 10.1. The van der Waals surface area contributed by atoms with Gasteiger partial charge in [-0.2, -0.15) is 9.35 Å². The average Bonchev–Trinajstić information content (AvgIpc) is 2.48. The first kappa shape index (κ1) is 18.4. The molecule has 4 nitrogen and oxygen atoms in total. The summed E-state index contributed by atoms with van der Waals surface area (Å²) < 4.78 is 17.6. The van der Waals surface area contributed by atoms with Crippen LogP contribution in [0.5, 0.6) is 0 Å². The van der Waals surface area contributed by atoms with Crippen molar-refractivity contribution in [2.45, 2.75) is 38.5 Å². The first-order valence-electron chi connectivity index (χ1n) is 7.24. The Labute approximate surface area is 133 Å². The van der Waals surface area contributed by atoms with Crippen LogP contribution in [0, 0.1) is 0 Å². The van der Waals surface area contributed by atoms with Crippen LogP contribution in [0.25, 0.3) is 0 Å². The lowest BCUT2D eigenvalue weighted by Crippen LogP contribution is -2.26. The van der Waals surface area contributed by atoms with Crippen LogP contribution in [-0.2, 0) is 15.4 Å². The van der Waals surface area contributed by atoms with Gasteiger partial charge in [-0.25, -0.2) is 4.21 Å². The Hall–Kier alpha value is -0.690. The topological polar surface area (TPSA) is 46.6 Å². The molecule has 0 aliphatic heterocycles. The van der Waals surface area contributed by atoms with Crippen molar-refractivity contribution in [1.29, 1.82) is 0 Å². The van der Waals surface area contributed by atoms with Gasteiger partial charge in [0, 0.05) is 18.7 Å². The Bertz CT molecular complexity index is 456. The molecular formula is C15H23NO3S2. The standard InChI is InChI=1S/C15H23NO3S2/c1-4-11-16(12-5-2)19-21(18)14-9-7-13(8-10-14)15(17)20-6-3/h7-10H,4-6,11-12H2,1-3H3/t21-/m0/s1. The van der Waals surface area contributed by atoms with Gasteiger partial charge >= 0.3 is 0 Å². The highest BCUT2D eigenvalue weighted by atomic mass is 32.2. The molecule has 0 aromatic heterocycles. The second-order valence-electron chi connectivity index (χ2n) is 4.48. The van der Waals surface area contributed by atoms with Gasteiger partial charge in [0.05, 0.1) is 4.90 Å². The molecule has 0 N–H and O–H groups in total. The first-order valence-corrected chi connectivity index (χ1v) is 9.30. The van der Waals surface area contributed by atoms with E-state index in [1.54, 1.807) is 29.3 Å². The van der Waals surface area contributed by atoms with E-state index in [9.17, 15) is 9.00 Å². The van der Waals surface area contributed by atoms with Crippen LogP contribution in [0.4, 0.5) is 0 Å². The first-order chi connectivity index (χ1) is 10.1. The van der Waals surface area contributed by atoms with Crippen molar-refractivity contribution < 1.29 is 13.3 Å². The van der Waals surface area contributed by atoms with Crippen LogP contribution >= 0.6 is 11.8 Å². The van der Waals surface area contributed by atoms with Gasteiger partial charge in [0.15, 0.2) is 0 Å². The van der Waals surface area contributed by atoms with Crippen LogP contribution in [0.2, 0.25) is 0 Å². The van der Waals surface area contributed by atoms with Crippen LogP contribution < -0.4 is 0 Å². The quantitative estimate of drug-likeness (QED) is 0.647. The molecule has 0 amide bonds. The number of rotatable bonds is 9. The Morgan fingerprint density at radius 1 is 1.14 bits per heavy atom. The van der Waals surface area contributed by atoms with E-state index in [4.69, 9.17) is 4.28 Å². The van der Waals surface area contributed by atoms with Crippen molar-refractivity contribution in [2.24, 2.45) is 0 Å². The van der Waals surface area contributed by atoms with Gasteiger partial charge in [0.25, 0.3) is 0 Å². The summed E-state index contributed by atoms with van der Waals surface area (Å²) in [4.78, 5) is 12.3. The van der Waals surface area contributed by atoms with Gasteiger partial charge in [-0.15, -0.1) is 0 Å². The highest BCUT2D eigenvalue weighted by molar-refractivity contribution is 8.14. The molecular weight excluding hydrogens is 306 g/mol. The smallest absolute Gasteiger partial charge is 0.219 e. The molecule has 0 saturated carbocycles. The van der Waals surface area contributed by atoms with Crippen LogP contribution in [0.1, 0.15) is 44.0 Å². The van der Waals surface area contributed by atoms with E-state index in [1.807, 2.05) is 6.92 Å². The lowest BCUT2D eigenvalue weighted by atomic mass is 10.2. The van der Waals surface area contributed by atoms with Crippen molar-refractivity contribution in [1.82, 2.24) is 5.06 Å². The Morgan fingerprint density at radius 2 is 1.71 bits per heavy atom. The predicted molar refractivity (Wildman–Crippen MR) is 88.6 cm³/mol. The van der Waals surface area contributed by atoms with E-state index in [2.05, 4.69) is 13.8 Å². The number of thioether (sulfide) groups is 1. The van der Waals surface area contributed by atoms with Crippen LogP contribution in [-0.4, -0.2) is 33.2 Å². The third-order valence-electron chi connectivity index (χ3n) is 2.68. The third-order valence-corrected chi connectivity index (χ3v) is 4.47. The number of carbonyl (C=O) groups is 1. The normalized spacial score (nSPS) is 12.6. The molecule has 118 valence electrons. The maximum atomic E-state index is 12.2. The molecule has 0 spiro atoms. The molecule has 1 atom stereocenters. The molecule has 1 rings (SSSR count). The fourth-order valence-corrected chi connectivity index (χ4v) is 3.09. The number of hydrogen-bond acceptors (Lipinski definition) is 5. The monoisotopic (exact) mass is 329 g/mol. The van der Waals surface area contributed by atoms with E-state index in [0.717, 1.165) is 31.7 Å². The molecule has 0 aliphatic carbocycles. The van der Waals surface area contributed by atoms with E-state index < -0.39 is 11.1 Å². The summed E-state index contributed by atoms with van der Waals surface area (Å²) in [5.41, 5.74) is 0.626. The maximum absolute atomic E-state index is 12.2. The van der Waals surface area contributed by atoms with Crippen LogP contribution in [0.15, 0.2) is 29.2 Å². The Kier molecular flexibility index (Phi) is 8.84. The van der Waals surface area contributed by atoms with E-state index >= 15 is 0 Å². The summed E-state index contributed by atoms with van der Waals surface area (Å²) in [6, 6.07) is 6.78. The van der Waals surface area contributed by atoms with Crippen molar-refractivity contribution in [3.8, 4) is 0 Å². The van der Waals surface area contributed by atoms with Gasteiger partial charge in [-0.1, -0.05) is 32.5 Å². The van der Waals surface area contributed by atoms with E-state index in [-0.39, 0.29) is 5.12 Å². The zero-order chi connectivity index (χ0) is 15.7. The maximum Gasteiger partial charge on any atom is 0.219 e. The van der Waals surface area contributed by atoms with Crippen LogP contribution in [0.3, 0.4) is 0 Å². The minimum Gasteiger partial charge on any atom is -0.282 e. The van der Waals surface area contributed by atoms with E-state index in [1.165, 1.54) is 11.8 Å². The minimum absolute atomic E-state index is 0.0364. The van der Waals surface area contributed by atoms with Crippen molar-refractivity contribution in [2.75, 3.05) is 18.8 Å². The molecule has 6 heteroatoms. The highest BCUT2D eigenvalue weighted by Gasteiger charge is 2.12. The van der Waals surface area contributed by atoms with E-state index in [0.29, 0.717) is 10.5 Å². The van der Waals surface area contributed by atoms with Crippen molar-refractivity contribution in [3.63, 3.8) is 0 Å². The summed E-state index contributed by atoms with van der Waals surface area (Å²) in [5.74, 6) is 0.749. The molecule has 0 saturated heterocycles. The van der Waals surface area contributed by atoms with Gasteiger partial charge in [0.1, 0.15) is 0 Å². The van der Waals surface area contributed by atoms with Gasteiger partial charge in [-0.05, 0) is 42.9 Å². The van der Waals surface area contributed by atoms with Gasteiger partial charge in [0.2, 0.25) is 16.2 Å². The predicted octanol–water partition coefficient (Wildman–Crippen LogP) is 3.66. The Morgan fingerprint density at radius 3 is 2.19 bits per heavy atom. The Balaban J connectivity index is 2.67. The number of nitrogens with zero attached hydrogens (tertiary/aromatic N) is 1. The minimum atomic E-state index is -1.53. The SMILES string of the molecule is CCCN(CCC)O[S@](=O)c1ccc(C(=O)SCC)cc1. The molecule has 0 unspecified atom stereocenters. The number of hydroxylamine groups is 2. The molecule has 21 heavy (non-hydrogen) atoms. The molecule has 1 aromatic carbocycles. The summed E-state index contributed by atoms with van der Waals surface area (Å²) in [6.07, 6.45) is 1.89. The van der Waals surface area contributed by atoms with Crippen molar-refractivity contribution in [3.05, 3.63) is 29.8 Å². The molecule has 0 fully saturated rings. The molecule has 0 heterocycles. The van der Waals surface area contributed by atoms with Gasteiger partial charge in [-0.3, -0.25) is 4.79 Å². The molecule has 1 aromatic rings. The fourth-order valence-electron chi connectivity index (χ4n) is 1.74. The zero-order valence-electron chi connectivity index (χ0n) is 12.8. The number of carbonyl (C=O) groups excluding carboxylic acids is 1. The highest BCUT2D eigenvalue weighted by Crippen LogP contribution is 2.16. The third kappa shape index (κ3) is 6.30. The molecule has 0 radical (unpaired) electrons. The number of hydrogen-bond donors (Lipinski definition) is 0. The molecule has 0 bridgehead atoms. The average molecular weight is 329 g/mol. The van der Waals surface area contributed by atoms with Crippen molar-refractivity contribution >= 4 is 28.0 Å².